The fourth-order valence-electron chi connectivity index (χ4n) is 4.89. The average molecular weight is 498 g/mol. The molecule has 1 heterocycles. The van der Waals surface area contributed by atoms with Gasteiger partial charge in [-0.2, -0.15) is 0 Å². The van der Waals surface area contributed by atoms with Crippen LogP contribution in [0.25, 0.3) is 10.9 Å². The number of para-hydroxylation sites is 1. The van der Waals surface area contributed by atoms with Crippen molar-refractivity contribution in [1.29, 1.82) is 0 Å². The van der Waals surface area contributed by atoms with Crippen LogP contribution >= 0.6 is 0 Å². The topological polar surface area (TPSA) is 68.5 Å². The number of ether oxygens (including phenoxy) is 1. The molecule has 0 aliphatic carbocycles. The van der Waals surface area contributed by atoms with Crippen molar-refractivity contribution in [3.63, 3.8) is 0 Å². The van der Waals surface area contributed by atoms with E-state index in [-0.39, 0.29) is 18.3 Å². The fraction of sp³-hybridized carbons (Fsp3) is 0.312. The van der Waals surface area contributed by atoms with E-state index in [4.69, 9.17) is 9.84 Å². The summed E-state index contributed by atoms with van der Waals surface area (Å²) in [5, 5.41) is 9.91. The molecule has 0 spiro atoms. The lowest BCUT2D eigenvalue weighted by Crippen LogP contribution is -2.07. The first-order valence-corrected chi connectivity index (χ1v) is 12.9. The highest BCUT2D eigenvalue weighted by Gasteiger charge is 2.21. The summed E-state index contributed by atoms with van der Waals surface area (Å²) in [4.78, 5) is 24.6. The van der Waals surface area contributed by atoms with Crippen LogP contribution < -0.4 is 4.74 Å². The lowest BCUT2D eigenvalue weighted by Gasteiger charge is -2.16. The van der Waals surface area contributed by atoms with E-state index in [0.717, 1.165) is 28.6 Å². The van der Waals surface area contributed by atoms with Gasteiger partial charge in [-0.25, -0.2) is 0 Å². The largest absolute Gasteiger partial charge is 0.486 e. The zero-order chi connectivity index (χ0) is 26.5. The second-order valence-electron chi connectivity index (χ2n) is 10.1. The number of carbonyl (C=O) groups is 2. The molecule has 0 saturated carbocycles. The van der Waals surface area contributed by atoms with Gasteiger partial charge in [0.05, 0.1) is 5.56 Å². The van der Waals surface area contributed by atoms with Gasteiger partial charge in [-0.1, -0.05) is 56.3 Å². The number of benzene rings is 3. The summed E-state index contributed by atoms with van der Waals surface area (Å²) >= 11 is 0. The smallest absolute Gasteiger partial charge is 0.303 e. The maximum absolute atomic E-state index is 13.6. The van der Waals surface area contributed by atoms with Crippen LogP contribution in [0.15, 0.2) is 72.8 Å². The van der Waals surface area contributed by atoms with Crippen LogP contribution in [0.4, 0.5) is 0 Å². The van der Waals surface area contributed by atoms with Gasteiger partial charge in [0, 0.05) is 35.1 Å². The summed E-state index contributed by atoms with van der Waals surface area (Å²) < 4.78 is 8.21. The lowest BCUT2D eigenvalue weighted by atomic mass is 10.00. The van der Waals surface area contributed by atoms with Gasteiger partial charge in [-0.05, 0) is 74.1 Å². The fourth-order valence-corrected chi connectivity index (χ4v) is 4.89. The third kappa shape index (κ3) is 6.11. The van der Waals surface area contributed by atoms with Crippen molar-refractivity contribution in [3.8, 4) is 5.75 Å². The number of carbonyl (C=O) groups excluding carboxylic acids is 1. The van der Waals surface area contributed by atoms with Gasteiger partial charge >= 0.3 is 5.97 Å². The van der Waals surface area contributed by atoms with Crippen molar-refractivity contribution in [2.45, 2.75) is 59.6 Å². The van der Waals surface area contributed by atoms with E-state index >= 15 is 0 Å². The van der Waals surface area contributed by atoms with E-state index < -0.39 is 5.97 Å². The van der Waals surface area contributed by atoms with Crippen LogP contribution in [0.5, 0.6) is 5.75 Å². The standard InChI is InChI=1S/C32H35NO4/c1-21(2)20-24-11-13-25(14-12-24)23(4)37-27-17-15-26(16-18-27)32(36)31-22(3)33(19-7-10-30(34)35)29-9-6-5-8-28(29)31/h5-6,8-9,11-18,21,23H,7,10,19-20H2,1-4H3,(H,34,35)/t23-/m0/s1. The second kappa shape index (κ2) is 11.5. The molecule has 4 aromatic rings. The van der Waals surface area contributed by atoms with E-state index in [1.807, 2.05) is 62.4 Å². The number of ketones is 1. The van der Waals surface area contributed by atoms with E-state index in [9.17, 15) is 9.59 Å². The van der Waals surface area contributed by atoms with E-state index in [1.54, 1.807) is 0 Å². The Bertz CT molecular complexity index is 1380. The number of nitrogens with zero attached hydrogens (tertiary/aromatic N) is 1. The Morgan fingerprint density at radius 2 is 1.59 bits per heavy atom. The highest BCUT2D eigenvalue weighted by atomic mass is 16.5. The third-order valence-corrected chi connectivity index (χ3v) is 6.75. The molecule has 0 bridgehead atoms. The maximum Gasteiger partial charge on any atom is 0.303 e. The molecule has 4 rings (SSSR count). The molecule has 5 heteroatoms. The number of hydrogen-bond donors (Lipinski definition) is 1. The summed E-state index contributed by atoms with van der Waals surface area (Å²) in [6.07, 6.45) is 1.55. The Kier molecular flexibility index (Phi) is 8.12. The van der Waals surface area contributed by atoms with Crippen molar-refractivity contribution in [3.05, 3.63) is 101 Å². The van der Waals surface area contributed by atoms with E-state index in [0.29, 0.717) is 35.8 Å². The van der Waals surface area contributed by atoms with Crippen LogP contribution in [-0.4, -0.2) is 21.4 Å². The van der Waals surface area contributed by atoms with Crippen molar-refractivity contribution in [2.24, 2.45) is 5.92 Å². The Labute approximate surface area is 218 Å². The first-order chi connectivity index (χ1) is 17.7. The first-order valence-electron chi connectivity index (χ1n) is 12.9. The summed E-state index contributed by atoms with van der Waals surface area (Å²) in [6, 6.07) is 23.7. The molecular weight excluding hydrogens is 462 g/mol. The van der Waals surface area contributed by atoms with Crippen LogP contribution in [-0.2, 0) is 17.8 Å². The molecule has 37 heavy (non-hydrogen) atoms. The van der Waals surface area contributed by atoms with E-state index in [2.05, 4.69) is 42.7 Å². The number of fused-ring (bicyclic) bond motifs is 1. The number of rotatable bonds is 11. The van der Waals surface area contributed by atoms with Gasteiger partial charge in [-0.3, -0.25) is 9.59 Å². The Balaban J connectivity index is 1.51. The molecule has 3 aromatic carbocycles. The zero-order valence-corrected chi connectivity index (χ0v) is 22.0. The molecule has 5 nitrogen and oxygen atoms in total. The highest BCUT2D eigenvalue weighted by molar-refractivity contribution is 6.17. The summed E-state index contributed by atoms with van der Waals surface area (Å²) in [7, 11) is 0. The van der Waals surface area contributed by atoms with Gasteiger partial charge in [0.15, 0.2) is 5.78 Å². The predicted octanol–water partition coefficient (Wildman–Crippen LogP) is 7.38. The molecule has 0 radical (unpaired) electrons. The molecule has 1 atom stereocenters. The minimum absolute atomic E-state index is 0.0500. The average Bonchev–Trinajstić information content (AvgIpc) is 3.15. The summed E-state index contributed by atoms with van der Waals surface area (Å²) in [5.41, 5.74) is 5.49. The van der Waals surface area contributed by atoms with Crippen molar-refractivity contribution < 1.29 is 19.4 Å². The monoisotopic (exact) mass is 497 g/mol. The summed E-state index contributed by atoms with van der Waals surface area (Å²) in [5.74, 6) is 0.470. The van der Waals surface area contributed by atoms with Gasteiger partial charge in [-0.15, -0.1) is 0 Å². The SMILES string of the molecule is Cc1c(C(=O)c2ccc(O[C@@H](C)c3ccc(CC(C)C)cc3)cc2)c2ccccc2n1CCCC(=O)O. The minimum atomic E-state index is -0.815. The Morgan fingerprint density at radius 3 is 2.24 bits per heavy atom. The molecule has 0 fully saturated rings. The highest BCUT2D eigenvalue weighted by Crippen LogP contribution is 2.30. The minimum Gasteiger partial charge on any atom is -0.486 e. The van der Waals surface area contributed by atoms with Gasteiger partial charge < -0.3 is 14.4 Å². The van der Waals surface area contributed by atoms with Crippen LogP contribution in [0.3, 0.4) is 0 Å². The van der Waals surface area contributed by atoms with Crippen molar-refractivity contribution >= 4 is 22.7 Å². The molecule has 1 N–H and O–H groups in total. The molecule has 0 unspecified atom stereocenters. The number of aromatic nitrogens is 1. The number of hydrogen-bond acceptors (Lipinski definition) is 3. The zero-order valence-electron chi connectivity index (χ0n) is 22.0. The number of aliphatic carboxylic acids is 1. The molecule has 192 valence electrons. The normalized spacial score (nSPS) is 12.1. The lowest BCUT2D eigenvalue weighted by molar-refractivity contribution is -0.137. The number of carboxylic acid groups (broad SMARTS) is 1. The third-order valence-electron chi connectivity index (χ3n) is 6.75. The van der Waals surface area contributed by atoms with Crippen molar-refractivity contribution in [1.82, 2.24) is 4.57 Å². The van der Waals surface area contributed by atoms with Crippen LogP contribution in [0, 0.1) is 12.8 Å². The first kappa shape index (κ1) is 26.2. The van der Waals surface area contributed by atoms with Crippen LogP contribution in [0.2, 0.25) is 0 Å². The summed E-state index contributed by atoms with van der Waals surface area (Å²) in [6.45, 7) is 8.94. The predicted molar refractivity (Wildman–Crippen MR) is 147 cm³/mol. The molecule has 0 saturated heterocycles. The van der Waals surface area contributed by atoms with Crippen molar-refractivity contribution in [2.75, 3.05) is 0 Å². The van der Waals surface area contributed by atoms with Gasteiger partial charge in [0.2, 0.25) is 0 Å². The van der Waals surface area contributed by atoms with Gasteiger partial charge in [0.1, 0.15) is 11.9 Å². The molecular formula is C32H35NO4. The quantitative estimate of drug-likeness (QED) is 0.219. The van der Waals surface area contributed by atoms with Crippen LogP contribution in [0.1, 0.15) is 72.5 Å². The molecule has 0 aliphatic rings. The van der Waals surface area contributed by atoms with Gasteiger partial charge in [0.25, 0.3) is 0 Å². The van der Waals surface area contributed by atoms with E-state index in [1.165, 1.54) is 5.56 Å². The molecule has 0 aliphatic heterocycles. The Morgan fingerprint density at radius 1 is 0.919 bits per heavy atom. The number of carboxylic acids is 1. The maximum atomic E-state index is 13.6. The molecule has 1 aromatic heterocycles. The second-order valence-corrected chi connectivity index (χ2v) is 10.1. The number of aryl methyl sites for hydroxylation is 1. The molecule has 0 amide bonds. The Hall–Kier alpha value is -3.86.